The highest BCUT2D eigenvalue weighted by atomic mass is 32.2. The molecule has 4 nitrogen and oxygen atoms in total. The molecule has 17 heavy (non-hydrogen) atoms. The molecular weight excluding hydrogens is 243 g/mol. The minimum absolute atomic E-state index is 0.0155. The van der Waals surface area contributed by atoms with Crippen molar-refractivity contribution in [3.8, 4) is 5.75 Å². The first-order chi connectivity index (χ1) is 7.93. The maximum atomic E-state index is 13.3. The van der Waals surface area contributed by atoms with Crippen LogP contribution < -0.4 is 15.8 Å². The molecule has 0 saturated heterocycles. The third-order valence-electron chi connectivity index (χ3n) is 2.21. The minimum Gasteiger partial charge on any atom is -0.494 e. The van der Waals surface area contributed by atoms with Crippen LogP contribution in [0.2, 0.25) is 0 Å². The molecule has 96 valence electrons. The summed E-state index contributed by atoms with van der Waals surface area (Å²) >= 11 is 0. The number of hydrogen-bond acceptors (Lipinski definition) is 4. The fraction of sp³-hybridized carbons (Fsp3) is 0.455. The van der Waals surface area contributed by atoms with Gasteiger partial charge in [-0.2, -0.15) is 0 Å². The van der Waals surface area contributed by atoms with Gasteiger partial charge in [0.25, 0.3) is 0 Å². The molecular formula is C11H17FN2O2S. The molecule has 0 heterocycles. The first kappa shape index (κ1) is 13.8. The monoisotopic (exact) mass is 260 g/mol. The fourth-order valence-corrected chi connectivity index (χ4v) is 2.30. The van der Waals surface area contributed by atoms with Gasteiger partial charge in [0.1, 0.15) is 0 Å². The molecule has 3 N–H and O–H groups in total. The van der Waals surface area contributed by atoms with Crippen LogP contribution in [0, 0.1) is 5.82 Å². The van der Waals surface area contributed by atoms with E-state index in [1.165, 1.54) is 19.2 Å². The predicted octanol–water partition coefficient (Wildman–Crippen LogP) is 1.60. The van der Waals surface area contributed by atoms with Crippen LogP contribution in [-0.4, -0.2) is 29.4 Å². The Morgan fingerprint density at radius 1 is 1.59 bits per heavy atom. The lowest BCUT2D eigenvalue weighted by Crippen LogP contribution is -2.22. The number of halogens is 1. The van der Waals surface area contributed by atoms with Crippen molar-refractivity contribution in [2.75, 3.05) is 30.2 Å². The van der Waals surface area contributed by atoms with Crippen LogP contribution in [-0.2, 0) is 10.8 Å². The van der Waals surface area contributed by atoms with E-state index in [2.05, 4.69) is 5.32 Å². The van der Waals surface area contributed by atoms with Gasteiger partial charge < -0.3 is 15.8 Å². The highest BCUT2D eigenvalue weighted by Crippen LogP contribution is 2.28. The topological polar surface area (TPSA) is 64.3 Å². The second-order valence-electron chi connectivity index (χ2n) is 3.86. The summed E-state index contributed by atoms with van der Waals surface area (Å²) in [5.41, 5.74) is 6.58. The largest absolute Gasteiger partial charge is 0.494 e. The van der Waals surface area contributed by atoms with E-state index in [4.69, 9.17) is 10.5 Å². The van der Waals surface area contributed by atoms with Gasteiger partial charge in [-0.25, -0.2) is 4.39 Å². The maximum absolute atomic E-state index is 13.3. The highest BCUT2D eigenvalue weighted by Gasteiger charge is 2.11. The first-order valence-electron chi connectivity index (χ1n) is 5.13. The summed E-state index contributed by atoms with van der Waals surface area (Å²) in [5, 5.41) is 3.08. The van der Waals surface area contributed by atoms with E-state index in [1.54, 1.807) is 6.26 Å². The fourth-order valence-electron chi connectivity index (χ4n) is 1.51. The molecule has 0 aliphatic carbocycles. The zero-order chi connectivity index (χ0) is 13.0. The maximum Gasteiger partial charge on any atom is 0.167 e. The molecule has 0 fully saturated rings. The van der Waals surface area contributed by atoms with E-state index in [-0.39, 0.29) is 11.8 Å². The Labute approximate surface area is 103 Å². The van der Waals surface area contributed by atoms with Crippen molar-refractivity contribution in [2.24, 2.45) is 0 Å². The molecule has 0 aliphatic heterocycles. The number of nitrogens with one attached hydrogen (secondary N) is 1. The van der Waals surface area contributed by atoms with E-state index >= 15 is 0 Å². The van der Waals surface area contributed by atoms with Gasteiger partial charge >= 0.3 is 0 Å². The van der Waals surface area contributed by atoms with Crippen molar-refractivity contribution in [1.82, 2.24) is 0 Å². The summed E-state index contributed by atoms with van der Waals surface area (Å²) < 4.78 is 29.2. The van der Waals surface area contributed by atoms with Gasteiger partial charge in [0, 0.05) is 41.0 Å². The number of rotatable bonds is 5. The third kappa shape index (κ3) is 3.89. The molecule has 0 spiro atoms. The average Bonchev–Trinajstić information content (AvgIpc) is 2.20. The number of nitrogen functional groups attached to an aromatic ring is 1. The number of benzene rings is 1. The van der Waals surface area contributed by atoms with Gasteiger partial charge in [0.2, 0.25) is 0 Å². The standard InChI is InChI=1S/C11H17FN2O2S/c1-7(6-17(3)15)14-10-5-11(16-2)8(12)4-9(10)13/h4-5,7,14H,6,13H2,1-3H3. The Morgan fingerprint density at radius 2 is 2.24 bits per heavy atom. The van der Waals surface area contributed by atoms with Crippen LogP contribution in [0.4, 0.5) is 15.8 Å². The number of ether oxygens (including phenoxy) is 1. The summed E-state index contributed by atoms with van der Waals surface area (Å²) in [7, 11) is 0.496. The van der Waals surface area contributed by atoms with Gasteiger partial charge in [-0.05, 0) is 6.92 Å². The molecule has 2 atom stereocenters. The van der Waals surface area contributed by atoms with Gasteiger partial charge in [-0.15, -0.1) is 0 Å². The quantitative estimate of drug-likeness (QED) is 0.789. The van der Waals surface area contributed by atoms with Crippen molar-refractivity contribution >= 4 is 22.2 Å². The van der Waals surface area contributed by atoms with E-state index < -0.39 is 16.6 Å². The zero-order valence-corrected chi connectivity index (χ0v) is 10.9. The van der Waals surface area contributed by atoms with Crippen LogP contribution >= 0.6 is 0 Å². The summed E-state index contributed by atoms with van der Waals surface area (Å²) in [6, 6.07) is 2.69. The number of anilines is 2. The van der Waals surface area contributed by atoms with E-state index in [1.807, 2.05) is 6.92 Å². The lowest BCUT2D eigenvalue weighted by Gasteiger charge is -2.16. The van der Waals surface area contributed by atoms with E-state index in [0.29, 0.717) is 17.1 Å². The molecule has 0 radical (unpaired) electrons. The van der Waals surface area contributed by atoms with Gasteiger partial charge in [0.05, 0.1) is 18.5 Å². The molecule has 2 unspecified atom stereocenters. The summed E-state index contributed by atoms with van der Waals surface area (Å²) in [4.78, 5) is 0. The van der Waals surface area contributed by atoms with Crippen LogP contribution in [0.5, 0.6) is 5.75 Å². The highest BCUT2D eigenvalue weighted by molar-refractivity contribution is 7.84. The summed E-state index contributed by atoms with van der Waals surface area (Å²) in [6.07, 6.45) is 1.63. The van der Waals surface area contributed by atoms with Gasteiger partial charge in [0.15, 0.2) is 11.6 Å². The second-order valence-corrected chi connectivity index (χ2v) is 5.34. The van der Waals surface area contributed by atoms with Crippen LogP contribution in [0.1, 0.15) is 6.92 Å². The second kappa shape index (κ2) is 5.86. The van der Waals surface area contributed by atoms with Gasteiger partial charge in [-0.1, -0.05) is 0 Å². The molecule has 1 rings (SSSR count). The van der Waals surface area contributed by atoms with Crippen LogP contribution in [0.3, 0.4) is 0 Å². The first-order valence-corrected chi connectivity index (χ1v) is 6.86. The number of nitrogens with two attached hydrogens (primary N) is 1. The van der Waals surface area contributed by atoms with Crippen LogP contribution in [0.15, 0.2) is 12.1 Å². The van der Waals surface area contributed by atoms with Gasteiger partial charge in [-0.3, -0.25) is 4.21 Å². The van der Waals surface area contributed by atoms with Crippen molar-refractivity contribution in [2.45, 2.75) is 13.0 Å². The summed E-state index contributed by atoms with van der Waals surface area (Å²) in [5.74, 6) is 0.132. The normalized spacial score (nSPS) is 14.1. The Hall–Kier alpha value is -1.30. The lowest BCUT2D eigenvalue weighted by atomic mass is 10.2. The Morgan fingerprint density at radius 3 is 2.76 bits per heavy atom. The lowest BCUT2D eigenvalue weighted by molar-refractivity contribution is 0.387. The molecule has 6 heteroatoms. The SMILES string of the molecule is COc1cc(NC(C)CS(C)=O)c(N)cc1F. The molecule has 0 aromatic heterocycles. The Kier molecular flexibility index (Phi) is 4.74. The van der Waals surface area contributed by atoms with Crippen LogP contribution in [0.25, 0.3) is 0 Å². The van der Waals surface area contributed by atoms with Crippen molar-refractivity contribution in [3.05, 3.63) is 17.9 Å². The molecule has 0 bridgehead atoms. The van der Waals surface area contributed by atoms with E-state index in [0.717, 1.165) is 0 Å². The van der Waals surface area contributed by atoms with Crippen molar-refractivity contribution in [1.29, 1.82) is 0 Å². The Bertz CT molecular complexity index is 426. The molecule has 0 aliphatic rings. The smallest absolute Gasteiger partial charge is 0.167 e. The molecule has 1 aromatic carbocycles. The molecule has 1 aromatic rings. The zero-order valence-electron chi connectivity index (χ0n) is 10.1. The Balaban J connectivity index is 2.87. The van der Waals surface area contributed by atoms with E-state index in [9.17, 15) is 8.60 Å². The van der Waals surface area contributed by atoms with Crippen molar-refractivity contribution < 1.29 is 13.3 Å². The number of hydrogen-bond donors (Lipinski definition) is 2. The average molecular weight is 260 g/mol. The summed E-state index contributed by atoms with van der Waals surface area (Å²) in [6.45, 7) is 1.89. The molecule has 0 saturated carbocycles. The minimum atomic E-state index is -0.896. The predicted molar refractivity (Wildman–Crippen MR) is 69.4 cm³/mol. The van der Waals surface area contributed by atoms with Crippen molar-refractivity contribution in [3.63, 3.8) is 0 Å². The number of methoxy groups -OCH3 is 1. The third-order valence-corrected chi connectivity index (χ3v) is 3.18. The molecule has 0 amide bonds.